The van der Waals surface area contributed by atoms with Crippen LogP contribution in [0.15, 0.2) is 29.2 Å². The molecule has 2 rings (SSSR count). The van der Waals surface area contributed by atoms with Gasteiger partial charge in [0.25, 0.3) is 0 Å². The van der Waals surface area contributed by atoms with Gasteiger partial charge in [-0.05, 0) is 23.1 Å². The number of piperazine rings is 1. The molecule has 0 spiro atoms. The summed E-state index contributed by atoms with van der Waals surface area (Å²) in [6, 6.07) is 7.34. The van der Waals surface area contributed by atoms with E-state index in [2.05, 4.69) is 31.0 Å². The average Bonchev–Trinajstić information content (AvgIpc) is 2.46. The van der Waals surface area contributed by atoms with Crippen LogP contribution in [0.4, 0.5) is 0 Å². The molecular weight excluding hydrogens is 355 g/mol. The Hall–Kier alpha value is -0.330. The molecule has 1 saturated heterocycles. The zero-order chi connectivity index (χ0) is 15.5. The molecule has 0 bridgehead atoms. The molecule has 0 radical (unpaired) electrons. The van der Waals surface area contributed by atoms with Gasteiger partial charge >= 0.3 is 0 Å². The van der Waals surface area contributed by atoms with E-state index in [0.29, 0.717) is 11.4 Å². The number of nitrogens with zero attached hydrogens (tertiary/aromatic N) is 1. The Morgan fingerprint density at radius 3 is 2.04 bits per heavy atom. The number of nitrogens with one attached hydrogen (secondary N) is 1. The van der Waals surface area contributed by atoms with Crippen molar-refractivity contribution < 1.29 is 8.42 Å². The lowest BCUT2D eigenvalue weighted by Crippen LogP contribution is -2.45. The molecule has 0 unspecified atom stereocenters. The van der Waals surface area contributed by atoms with Gasteiger partial charge in [0.15, 0.2) is 9.84 Å². The lowest BCUT2D eigenvalue weighted by atomic mass is 9.87. The Bertz CT molecular complexity index is 563. The number of sulfone groups is 1. The van der Waals surface area contributed by atoms with Gasteiger partial charge in [-0.25, -0.2) is 8.42 Å². The van der Waals surface area contributed by atoms with E-state index in [-0.39, 0.29) is 36.0 Å². The molecule has 1 aromatic carbocycles. The Morgan fingerprint density at radius 2 is 1.57 bits per heavy atom. The number of benzene rings is 1. The van der Waals surface area contributed by atoms with E-state index in [4.69, 9.17) is 0 Å². The van der Waals surface area contributed by atoms with Crippen LogP contribution in [-0.2, 0) is 15.3 Å². The summed E-state index contributed by atoms with van der Waals surface area (Å²) in [7, 11) is -3.18. The summed E-state index contributed by atoms with van der Waals surface area (Å²) in [4.78, 5) is 2.64. The second-order valence-electron chi connectivity index (χ2n) is 6.68. The van der Waals surface area contributed by atoms with Gasteiger partial charge in [0, 0.05) is 32.7 Å². The first-order valence-electron chi connectivity index (χ1n) is 7.55. The highest BCUT2D eigenvalue weighted by Gasteiger charge is 2.19. The van der Waals surface area contributed by atoms with E-state index >= 15 is 0 Å². The predicted octanol–water partition coefficient (Wildman–Crippen LogP) is 2.51. The summed E-state index contributed by atoms with van der Waals surface area (Å²) < 4.78 is 24.8. The first-order chi connectivity index (χ1) is 9.79. The molecule has 0 amide bonds. The van der Waals surface area contributed by atoms with Gasteiger partial charge in [-0.1, -0.05) is 32.9 Å². The normalized spacial score (nSPS) is 16.3. The molecule has 134 valence electrons. The van der Waals surface area contributed by atoms with Crippen molar-refractivity contribution in [3.63, 3.8) is 0 Å². The molecule has 1 aliphatic heterocycles. The fraction of sp³-hybridized carbons (Fsp3) is 0.625. The third kappa shape index (κ3) is 6.59. The molecule has 0 aromatic heterocycles. The van der Waals surface area contributed by atoms with Crippen molar-refractivity contribution in [2.75, 3.05) is 38.5 Å². The molecular formula is C16H28Cl2N2O2S. The Kier molecular flexibility index (Phi) is 9.10. The van der Waals surface area contributed by atoms with Crippen molar-refractivity contribution in [1.82, 2.24) is 10.2 Å². The zero-order valence-corrected chi connectivity index (χ0v) is 16.5. The van der Waals surface area contributed by atoms with Gasteiger partial charge < -0.3 is 5.32 Å². The number of hydrogen-bond acceptors (Lipinski definition) is 4. The minimum Gasteiger partial charge on any atom is -0.314 e. The van der Waals surface area contributed by atoms with E-state index in [0.717, 1.165) is 31.7 Å². The van der Waals surface area contributed by atoms with E-state index in [1.807, 2.05) is 12.1 Å². The van der Waals surface area contributed by atoms with Crippen molar-refractivity contribution in [2.24, 2.45) is 0 Å². The third-order valence-electron chi connectivity index (χ3n) is 3.97. The molecule has 1 aliphatic rings. The summed E-state index contributed by atoms with van der Waals surface area (Å²) >= 11 is 0. The zero-order valence-electron chi connectivity index (χ0n) is 14.0. The lowest BCUT2D eigenvalue weighted by molar-refractivity contribution is 0.254. The minimum absolute atomic E-state index is 0. The van der Waals surface area contributed by atoms with E-state index in [1.165, 1.54) is 0 Å². The summed E-state index contributed by atoms with van der Waals surface area (Å²) in [6.45, 7) is 10.7. The maximum atomic E-state index is 12.4. The fourth-order valence-corrected chi connectivity index (χ4v) is 3.75. The van der Waals surface area contributed by atoms with Crippen LogP contribution in [0.25, 0.3) is 0 Å². The highest BCUT2D eigenvalue weighted by atomic mass is 35.5. The number of halogens is 2. The van der Waals surface area contributed by atoms with Crippen molar-refractivity contribution in [3.8, 4) is 0 Å². The van der Waals surface area contributed by atoms with Crippen LogP contribution in [0.1, 0.15) is 26.3 Å². The average molecular weight is 383 g/mol. The largest absolute Gasteiger partial charge is 0.314 e. The van der Waals surface area contributed by atoms with Gasteiger partial charge in [-0.15, -0.1) is 24.8 Å². The first-order valence-corrected chi connectivity index (χ1v) is 9.21. The van der Waals surface area contributed by atoms with E-state index < -0.39 is 9.84 Å². The van der Waals surface area contributed by atoms with Gasteiger partial charge in [0.2, 0.25) is 0 Å². The smallest absolute Gasteiger partial charge is 0.179 e. The molecule has 0 aliphatic carbocycles. The van der Waals surface area contributed by atoms with Crippen molar-refractivity contribution in [2.45, 2.75) is 31.1 Å². The van der Waals surface area contributed by atoms with Gasteiger partial charge in [0.05, 0.1) is 10.6 Å². The standard InChI is InChI=1S/C16H26N2O2S.2ClH/c1-16(2,3)14-4-6-15(7-5-14)21(19,20)13-12-18-10-8-17-9-11-18;;/h4-7,17H,8-13H2,1-3H3;2*1H. The van der Waals surface area contributed by atoms with Crippen LogP contribution in [0.3, 0.4) is 0 Å². The minimum atomic E-state index is -3.18. The highest BCUT2D eigenvalue weighted by molar-refractivity contribution is 7.91. The highest BCUT2D eigenvalue weighted by Crippen LogP contribution is 2.23. The fourth-order valence-electron chi connectivity index (χ4n) is 2.46. The summed E-state index contributed by atoms with van der Waals surface area (Å²) in [5.74, 6) is 0.196. The predicted molar refractivity (Wildman–Crippen MR) is 101 cm³/mol. The van der Waals surface area contributed by atoms with E-state index in [1.54, 1.807) is 12.1 Å². The van der Waals surface area contributed by atoms with Crippen LogP contribution < -0.4 is 5.32 Å². The Labute approximate surface area is 152 Å². The molecule has 1 heterocycles. The van der Waals surface area contributed by atoms with Gasteiger partial charge in [-0.2, -0.15) is 0 Å². The number of rotatable bonds is 4. The van der Waals surface area contributed by atoms with Crippen LogP contribution in [0, 0.1) is 0 Å². The van der Waals surface area contributed by atoms with Gasteiger partial charge in [0.1, 0.15) is 0 Å². The van der Waals surface area contributed by atoms with Crippen molar-refractivity contribution >= 4 is 34.7 Å². The summed E-state index contributed by atoms with van der Waals surface area (Å²) in [6.07, 6.45) is 0. The van der Waals surface area contributed by atoms with Gasteiger partial charge in [-0.3, -0.25) is 4.90 Å². The topological polar surface area (TPSA) is 49.4 Å². The van der Waals surface area contributed by atoms with Crippen molar-refractivity contribution in [1.29, 1.82) is 0 Å². The molecule has 1 fully saturated rings. The molecule has 7 heteroatoms. The maximum Gasteiger partial charge on any atom is 0.179 e. The maximum absolute atomic E-state index is 12.4. The molecule has 1 aromatic rings. The van der Waals surface area contributed by atoms with Crippen molar-refractivity contribution in [3.05, 3.63) is 29.8 Å². The molecule has 0 atom stereocenters. The summed E-state index contributed by atoms with van der Waals surface area (Å²) in [5, 5.41) is 3.27. The van der Waals surface area contributed by atoms with Crippen LogP contribution in [-0.4, -0.2) is 51.8 Å². The SMILES string of the molecule is CC(C)(C)c1ccc(S(=O)(=O)CCN2CCNCC2)cc1.Cl.Cl. The molecule has 23 heavy (non-hydrogen) atoms. The second kappa shape index (κ2) is 9.23. The van der Waals surface area contributed by atoms with Crippen LogP contribution in [0.5, 0.6) is 0 Å². The third-order valence-corrected chi connectivity index (χ3v) is 5.68. The second-order valence-corrected chi connectivity index (χ2v) is 8.79. The Morgan fingerprint density at radius 1 is 1.04 bits per heavy atom. The molecule has 0 saturated carbocycles. The first kappa shape index (κ1) is 22.7. The monoisotopic (exact) mass is 382 g/mol. The number of hydrogen-bond donors (Lipinski definition) is 1. The quantitative estimate of drug-likeness (QED) is 0.868. The Balaban J connectivity index is 0.00000242. The summed E-state index contributed by atoms with van der Waals surface area (Å²) in [5.41, 5.74) is 1.20. The molecule has 1 N–H and O–H groups in total. The van der Waals surface area contributed by atoms with E-state index in [9.17, 15) is 8.42 Å². The molecule has 4 nitrogen and oxygen atoms in total. The van der Waals surface area contributed by atoms with Crippen LogP contribution in [0.2, 0.25) is 0 Å². The lowest BCUT2D eigenvalue weighted by Gasteiger charge is -2.26. The van der Waals surface area contributed by atoms with Crippen LogP contribution >= 0.6 is 24.8 Å².